The summed E-state index contributed by atoms with van der Waals surface area (Å²) in [5, 5.41) is 0.840. The van der Waals surface area contributed by atoms with E-state index in [0.29, 0.717) is 17.8 Å². The molecule has 1 heterocycles. The molecule has 0 aliphatic carbocycles. The Labute approximate surface area is 128 Å². The predicted octanol–water partition coefficient (Wildman–Crippen LogP) is 2.99. The number of carbonyl (C=O) groups excluding carboxylic acids is 1. The second-order valence-electron chi connectivity index (χ2n) is 5.45. The second kappa shape index (κ2) is 6.64. The predicted molar refractivity (Wildman–Crippen MR) is 83.3 cm³/mol. The fraction of sp³-hybridized carbons (Fsp3) is 0.412. The maximum Gasteiger partial charge on any atom is 0.336 e. The van der Waals surface area contributed by atoms with E-state index in [-0.39, 0.29) is 24.1 Å². The van der Waals surface area contributed by atoms with Crippen molar-refractivity contribution in [2.24, 2.45) is 0 Å². The largest absolute Gasteiger partial charge is 0.496 e. The molecule has 0 unspecified atom stereocenters. The Hall–Kier alpha value is -2.30. The summed E-state index contributed by atoms with van der Waals surface area (Å²) in [4.78, 5) is 23.1. The number of fused-ring (bicyclic) bond motifs is 1. The van der Waals surface area contributed by atoms with Crippen LogP contribution in [0.2, 0.25) is 0 Å². The second-order valence-corrected chi connectivity index (χ2v) is 5.45. The van der Waals surface area contributed by atoms with E-state index in [1.165, 1.54) is 6.07 Å². The molecule has 5 nitrogen and oxygen atoms in total. The van der Waals surface area contributed by atoms with Gasteiger partial charge in [-0.1, -0.05) is 0 Å². The van der Waals surface area contributed by atoms with Crippen molar-refractivity contribution in [1.29, 1.82) is 0 Å². The molecule has 5 heteroatoms. The van der Waals surface area contributed by atoms with Crippen LogP contribution in [-0.4, -0.2) is 19.2 Å². The van der Waals surface area contributed by atoms with Gasteiger partial charge in [-0.25, -0.2) is 4.79 Å². The van der Waals surface area contributed by atoms with E-state index in [9.17, 15) is 9.59 Å². The lowest BCUT2D eigenvalue weighted by atomic mass is 10.0. The molecule has 0 bridgehead atoms. The Balaban J connectivity index is 2.32. The monoisotopic (exact) mass is 304 g/mol. The van der Waals surface area contributed by atoms with Crippen LogP contribution in [0.1, 0.15) is 31.4 Å². The van der Waals surface area contributed by atoms with Gasteiger partial charge in [0.2, 0.25) is 0 Å². The lowest BCUT2D eigenvalue weighted by Gasteiger charge is -2.12. The Kier molecular flexibility index (Phi) is 4.85. The van der Waals surface area contributed by atoms with Crippen LogP contribution < -0.4 is 10.4 Å². The molecule has 118 valence electrons. The summed E-state index contributed by atoms with van der Waals surface area (Å²) < 4.78 is 15.7. The average molecular weight is 304 g/mol. The number of aryl methyl sites for hydroxylation is 2. The van der Waals surface area contributed by atoms with Gasteiger partial charge in [-0.15, -0.1) is 0 Å². The van der Waals surface area contributed by atoms with Crippen molar-refractivity contribution in [2.75, 3.05) is 7.11 Å². The quantitative estimate of drug-likeness (QED) is 0.627. The minimum Gasteiger partial charge on any atom is -0.496 e. The lowest BCUT2D eigenvalue weighted by Crippen LogP contribution is -2.12. The third-order valence-electron chi connectivity index (χ3n) is 3.32. The summed E-state index contributed by atoms with van der Waals surface area (Å²) in [6.45, 7) is 5.49. The first-order valence-corrected chi connectivity index (χ1v) is 7.21. The molecular weight excluding hydrogens is 284 g/mol. The van der Waals surface area contributed by atoms with Crippen LogP contribution in [0.25, 0.3) is 11.0 Å². The van der Waals surface area contributed by atoms with Gasteiger partial charge in [0.15, 0.2) is 0 Å². The molecule has 0 saturated heterocycles. The average Bonchev–Trinajstić information content (AvgIpc) is 2.43. The van der Waals surface area contributed by atoms with Crippen molar-refractivity contribution in [1.82, 2.24) is 0 Å². The smallest absolute Gasteiger partial charge is 0.336 e. The van der Waals surface area contributed by atoms with Crippen molar-refractivity contribution >= 4 is 16.9 Å². The summed E-state index contributed by atoms with van der Waals surface area (Å²) in [5.41, 5.74) is 1.81. The van der Waals surface area contributed by atoms with Gasteiger partial charge in [0, 0.05) is 23.9 Å². The lowest BCUT2D eigenvalue weighted by molar-refractivity contribution is -0.147. The van der Waals surface area contributed by atoms with E-state index >= 15 is 0 Å². The van der Waals surface area contributed by atoms with Crippen LogP contribution in [0.15, 0.2) is 27.4 Å². The summed E-state index contributed by atoms with van der Waals surface area (Å²) in [7, 11) is 1.55. The first-order valence-electron chi connectivity index (χ1n) is 7.21. The van der Waals surface area contributed by atoms with Gasteiger partial charge in [-0.3, -0.25) is 4.79 Å². The van der Waals surface area contributed by atoms with Crippen LogP contribution >= 0.6 is 0 Å². The molecule has 0 aliphatic rings. The van der Waals surface area contributed by atoms with Crippen LogP contribution in [0, 0.1) is 6.92 Å². The van der Waals surface area contributed by atoms with Crippen LogP contribution in [0.4, 0.5) is 0 Å². The first kappa shape index (κ1) is 16.1. The van der Waals surface area contributed by atoms with Gasteiger partial charge in [-0.2, -0.15) is 0 Å². The Morgan fingerprint density at radius 1 is 1.27 bits per heavy atom. The van der Waals surface area contributed by atoms with Gasteiger partial charge in [0.25, 0.3) is 0 Å². The number of ether oxygens (including phenoxy) is 2. The number of benzene rings is 1. The Morgan fingerprint density at radius 3 is 2.64 bits per heavy atom. The highest BCUT2D eigenvalue weighted by Crippen LogP contribution is 2.28. The van der Waals surface area contributed by atoms with E-state index in [1.807, 2.05) is 26.8 Å². The molecule has 1 aromatic carbocycles. The summed E-state index contributed by atoms with van der Waals surface area (Å²) in [5.74, 6) is 0.354. The molecule has 0 atom stereocenters. The van der Waals surface area contributed by atoms with Gasteiger partial charge in [-0.05, 0) is 44.4 Å². The molecule has 2 aromatic rings. The number of hydrogen-bond donors (Lipinski definition) is 0. The molecular formula is C17H20O5. The third-order valence-corrected chi connectivity index (χ3v) is 3.32. The molecule has 2 rings (SSSR count). The van der Waals surface area contributed by atoms with E-state index in [2.05, 4.69) is 0 Å². The highest BCUT2D eigenvalue weighted by Gasteiger charge is 2.12. The molecule has 0 fully saturated rings. The molecule has 0 spiro atoms. The van der Waals surface area contributed by atoms with Crippen molar-refractivity contribution in [2.45, 2.75) is 39.7 Å². The van der Waals surface area contributed by atoms with Crippen LogP contribution in [0.5, 0.6) is 5.75 Å². The minimum absolute atomic E-state index is 0.123. The zero-order valence-electron chi connectivity index (χ0n) is 13.3. The van der Waals surface area contributed by atoms with Gasteiger partial charge in [0.05, 0.1) is 13.2 Å². The summed E-state index contributed by atoms with van der Waals surface area (Å²) in [6, 6.07) is 5.04. The molecule has 22 heavy (non-hydrogen) atoms. The number of rotatable bonds is 5. The summed E-state index contributed by atoms with van der Waals surface area (Å²) in [6.07, 6.45) is 0.654. The van der Waals surface area contributed by atoms with Crippen LogP contribution in [-0.2, 0) is 16.0 Å². The topological polar surface area (TPSA) is 65.7 Å². The molecule has 0 saturated carbocycles. The maximum absolute atomic E-state index is 11.7. The van der Waals surface area contributed by atoms with Gasteiger partial charge < -0.3 is 13.9 Å². The van der Waals surface area contributed by atoms with Crippen molar-refractivity contribution in [3.05, 3.63) is 39.7 Å². The van der Waals surface area contributed by atoms with Gasteiger partial charge >= 0.3 is 11.6 Å². The molecule has 0 N–H and O–H groups in total. The summed E-state index contributed by atoms with van der Waals surface area (Å²) >= 11 is 0. The SMILES string of the molecule is COc1cc2oc(=O)cc(C)c2cc1CCC(=O)OC(C)C. The van der Waals surface area contributed by atoms with E-state index in [4.69, 9.17) is 13.9 Å². The van der Waals surface area contributed by atoms with Crippen molar-refractivity contribution < 1.29 is 18.7 Å². The zero-order valence-corrected chi connectivity index (χ0v) is 13.3. The number of hydrogen-bond acceptors (Lipinski definition) is 5. The van der Waals surface area contributed by atoms with E-state index in [1.54, 1.807) is 13.2 Å². The van der Waals surface area contributed by atoms with E-state index < -0.39 is 0 Å². The first-order chi connectivity index (χ1) is 10.4. The van der Waals surface area contributed by atoms with Crippen molar-refractivity contribution in [3.8, 4) is 5.75 Å². The normalized spacial score (nSPS) is 11.0. The molecule has 1 aromatic heterocycles. The Bertz CT molecular complexity index is 743. The Morgan fingerprint density at radius 2 is 2.00 bits per heavy atom. The number of carbonyl (C=O) groups is 1. The van der Waals surface area contributed by atoms with Crippen LogP contribution in [0.3, 0.4) is 0 Å². The van der Waals surface area contributed by atoms with E-state index in [0.717, 1.165) is 16.5 Å². The minimum atomic E-state index is -0.389. The molecule has 0 aliphatic heterocycles. The standard InChI is InChI=1S/C17H20O5/c1-10(2)21-16(18)6-5-12-8-13-11(3)7-17(19)22-15(13)9-14(12)20-4/h7-10H,5-6H2,1-4H3. The highest BCUT2D eigenvalue weighted by molar-refractivity contribution is 5.83. The van der Waals surface area contributed by atoms with Gasteiger partial charge in [0.1, 0.15) is 11.3 Å². The van der Waals surface area contributed by atoms with Crippen molar-refractivity contribution in [3.63, 3.8) is 0 Å². The number of methoxy groups -OCH3 is 1. The number of esters is 1. The molecule has 0 radical (unpaired) electrons. The fourth-order valence-electron chi connectivity index (χ4n) is 2.33. The molecule has 0 amide bonds. The maximum atomic E-state index is 11.7. The fourth-order valence-corrected chi connectivity index (χ4v) is 2.33. The highest BCUT2D eigenvalue weighted by atomic mass is 16.5. The zero-order chi connectivity index (χ0) is 16.3. The third kappa shape index (κ3) is 3.67.